The molecular formula is C12H19N. The number of fused-ring (bicyclic) bond motifs is 1. The fourth-order valence-electron chi connectivity index (χ4n) is 2.41. The second-order valence-electron chi connectivity index (χ2n) is 4.78. The van der Waals surface area contributed by atoms with E-state index in [1.807, 2.05) is 0 Å². The van der Waals surface area contributed by atoms with Gasteiger partial charge in [0, 0.05) is 13.1 Å². The highest BCUT2D eigenvalue weighted by molar-refractivity contribution is 5.15. The third kappa shape index (κ3) is 1.71. The molecule has 1 saturated heterocycles. The van der Waals surface area contributed by atoms with Gasteiger partial charge >= 0.3 is 0 Å². The van der Waals surface area contributed by atoms with Crippen LogP contribution in [0.5, 0.6) is 0 Å². The first kappa shape index (κ1) is 9.01. The summed E-state index contributed by atoms with van der Waals surface area (Å²) in [4.78, 5) is 0. The largest absolute Gasteiger partial charge is 0.316 e. The van der Waals surface area contributed by atoms with E-state index >= 15 is 0 Å². The van der Waals surface area contributed by atoms with Crippen molar-refractivity contribution in [1.29, 1.82) is 0 Å². The molecule has 1 heterocycles. The van der Waals surface area contributed by atoms with Crippen LogP contribution < -0.4 is 5.32 Å². The van der Waals surface area contributed by atoms with Crippen molar-refractivity contribution in [2.75, 3.05) is 13.1 Å². The normalized spacial score (nSPS) is 45.7. The molecule has 1 aliphatic carbocycles. The zero-order valence-electron chi connectivity index (χ0n) is 8.64. The first-order chi connectivity index (χ1) is 6.21. The molecule has 0 amide bonds. The Morgan fingerprint density at radius 2 is 2.31 bits per heavy atom. The van der Waals surface area contributed by atoms with Gasteiger partial charge in [0.15, 0.2) is 0 Å². The summed E-state index contributed by atoms with van der Waals surface area (Å²) in [5.41, 5.74) is 1.99. The Bertz CT molecular complexity index is 252. The van der Waals surface area contributed by atoms with Crippen LogP contribution in [0.15, 0.2) is 23.8 Å². The summed E-state index contributed by atoms with van der Waals surface area (Å²) < 4.78 is 0. The predicted octanol–water partition coefficient (Wildman–Crippen LogP) is 2.51. The molecule has 0 spiro atoms. The van der Waals surface area contributed by atoms with Gasteiger partial charge in [0.05, 0.1) is 0 Å². The van der Waals surface area contributed by atoms with Gasteiger partial charge in [-0.05, 0) is 31.1 Å². The summed E-state index contributed by atoms with van der Waals surface area (Å²) >= 11 is 0. The van der Waals surface area contributed by atoms with Crippen molar-refractivity contribution in [3.8, 4) is 0 Å². The van der Waals surface area contributed by atoms with Gasteiger partial charge in [0.25, 0.3) is 0 Å². The van der Waals surface area contributed by atoms with Crippen molar-refractivity contribution in [3.05, 3.63) is 23.8 Å². The summed E-state index contributed by atoms with van der Waals surface area (Å²) in [7, 11) is 0. The van der Waals surface area contributed by atoms with Gasteiger partial charge in [-0.15, -0.1) is 0 Å². The molecule has 1 heteroatoms. The molecule has 1 fully saturated rings. The monoisotopic (exact) mass is 177 g/mol. The van der Waals surface area contributed by atoms with Crippen LogP contribution >= 0.6 is 0 Å². The van der Waals surface area contributed by atoms with Gasteiger partial charge in [0.1, 0.15) is 0 Å². The molecule has 0 radical (unpaired) electrons. The molecule has 1 N–H and O–H groups in total. The molecule has 1 nitrogen and oxygen atoms in total. The molecular weight excluding hydrogens is 158 g/mol. The lowest BCUT2D eigenvalue weighted by Crippen LogP contribution is -2.25. The van der Waals surface area contributed by atoms with Crippen LogP contribution in [0.25, 0.3) is 0 Å². The molecule has 2 aliphatic rings. The smallest absolute Gasteiger partial charge is 0.00203 e. The van der Waals surface area contributed by atoms with Crippen LogP contribution in [0.1, 0.15) is 26.7 Å². The van der Waals surface area contributed by atoms with E-state index in [0.717, 1.165) is 12.3 Å². The lowest BCUT2D eigenvalue weighted by atomic mass is 9.75. The molecule has 1 aliphatic heterocycles. The van der Waals surface area contributed by atoms with Crippen molar-refractivity contribution < 1.29 is 0 Å². The minimum absolute atomic E-state index is 0.470. The van der Waals surface area contributed by atoms with Crippen LogP contribution in [0.4, 0.5) is 0 Å². The number of rotatable bonds is 0. The van der Waals surface area contributed by atoms with Gasteiger partial charge in [-0.25, -0.2) is 0 Å². The van der Waals surface area contributed by atoms with E-state index in [1.165, 1.54) is 25.1 Å². The lowest BCUT2D eigenvalue weighted by Gasteiger charge is -2.29. The number of hydrogen-bond donors (Lipinski definition) is 1. The topological polar surface area (TPSA) is 12.0 Å². The highest BCUT2D eigenvalue weighted by Crippen LogP contribution is 2.37. The summed E-state index contributed by atoms with van der Waals surface area (Å²) in [6.45, 7) is 6.99. The van der Waals surface area contributed by atoms with Gasteiger partial charge in [-0.1, -0.05) is 30.7 Å². The maximum absolute atomic E-state index is 3.50. The Labute approximate surface area is 80.9 Å². The third-order valence-electron chi connectivity index (χ3n) is 3.46. The first-order valence-electron chi connectivity index (χ1n) is 5.24. The molecule has 0 aromatic rings. The van der Waals surface area contributed by atoms with Crippen LogP contribution in [0, 0.1) is 11.3 Å². The molecule has 13 heavy (non-hydrogen) atoms. The Morgan fingerprint density at radius 3 is 3.15 bits per heavy atom. The van der Waals surface area contributed by atoms with Gasteiger partial charge < -0.3 is 5.32 Å². The molecule has 2 atom stereocenters. The van der Waals surface area contributed by atoms with E-state index < -0.39 is 0 Å². The maximum Gasteiger partial charge on any atom is 0.00203 e. The number of hydrogen-bond acceptors (Lipinski definition) is 1. The fourth-order valence-corrected chi connectivity index (χ4v) is 2.41. The van der Waals surface area contributed by atoms with E-state index in [0.29, 0.717) is 5.41 Å². The van der Waals surface area contributed by atoms with Crippen molar-refractivity contribution in [2.24, 2.45) is 11.3 Å². The quantitative estimate of drug-likeness (QED) is 0.561. The number of nitrogens with one attached hydrogen (secondary N) is 1. The standard InChI is InChI=1S/C12H19N/c1-10-5-3-4-6-12(2)9-13-8-11(12)7-10/h3-4,7,11,13H,5-6,8-9H2,1-2H3/b4-3-,10-7-/t11-,12+/m1/s1. The van der Waals surface area contributed by atoms with Crippen LogP contribution in [-0.2, 0) is 0 Å². The third-order valence-corrected chi connectivity index (χ3v) is 3.46. The van der Waals surface area contributed by atoms with Crippen LogP contribution in [0.3, 0.4) is 0 Å². The zero-order valence-corrected chi connectivity index (χ0v) is 8.64. The van der Waals surface area contributed by atoms with Crippen molar-refractivity contribution in [1.82, 2.24) is 5.32 Å². The second kappa shape index (κ2) is 3.30. The second-order valence-corrected chi connectivity index (χ2v) is 4.78. The van der Waals surface area contributed by atoms with Gasteiger partial charge in [-0.2, -0.15) is 0 Å². The molecule has 0 aromatic carbocycles. The zero-order chi connectivity index (χ0) is 9.31. The average molecular weight is 177 g/mol. The van der Waals surface area contributed by atoms with Gasteiger partial charge in [0.2, 0.25) is 0 Å². The minimum atomic E-state index is 0.470. The SMILES string of the molecule is C/C1=C/[C@@H]2CNC[C@]2(C)C/C=C\C1. The van der Waals surface area contributed by atoms with E-state index in [-0.39, 0.29) is 0 Å². The molecule has 0 bridgehead atoms. The Balaban J connectivity index is 2.25. The molecule has 0 saturated carbocycles. The highest BCUT2D eigenvalue weighted by atomic mass is 14.9. The van der Waals surface area contributed by atoms with E-state index in [1.54, 1.807) is 0 Å². The predicted molar refractivity (Wildman–Crippen MR) is 56.6 cm³/mol. The van der Waals surface area contributed by atoms with E-state index in [2.05, 4.69) is 37.4 Å². The summed E-state index contributed by atoms with van der Waals surface area (Å²) in [6, 6.07) is 0. The van der Waals surface area contributed by atoms with E-state index in [4.69, 9.17) is 0 Å². The molecule has 2 rings (SSSR count). The van der Waals surface area contributed by atoms with Crippen LogP contribution in [0.2, 0.25) is 0 Å². The Hall–Kier alpha value is -0.560. The lowest BCUT2D eigenvalue weighted by molar-refractivity contribution is 0.302. The molecule has 0 unspecified atom stereocenters. The van der Waals surface area contributed by atoms with Crippen molar-refractivity contribution in [3.63, 3.8) is 0 Å². The van der Waals surface area contributed by atoms with Crippen molar-refractivity contribution in [2.45, 2.75) is 26.7 Å². The summed E-state index contributed by atoms with van der Waals surface area (Å²) in [5.74, 6) is 0.748. The summed E-state index contributed by atoms with van der Waals surface area (Å²) in [5, 5.41) is 3.50. The molecule has 0 aromatic heterocycles. The Morgan fingerprint density at radius 1 is 1.46 bits per heavy atom. The van der Waals surface area contributed by atoms with Crippen molar-refractivity contribution >= 4 is 0 Å². The average Bonchev–Trinajstić information content (AvgIpc) is 2.39. The fraction of sp³-hybridized carbons (Fsp3) is 0.667. The van der Waals surface area contributed by atoms with Gasteiger partial charge in [-0.3, -0.25) is 0 Å². The summed E-state index contributed by atoms with van der Waals surface area (Å²) in [6.07, 6.45) is 9.52. The van der Waals surface area contributed by atoms with Crippen LogP contribution in [-0.4, -0.2) is 13.1 Å². The number of allylic oxidation sites excluding steroid dienone is 3. The highest BCUT2D eigenvalue weighted by Gasteiger charge is 2.36. The first-order valence-corrected chi connectivity index (χ1v) is 5.24. The maximum atomic E-state index is 3.50. The Kier molecular flexibility index (Phi) is 2.29. The molecule has 72 valence electrons. The van der Waals surface area contributed by atoms with E-state index in [9.17, 15) is 0 Å². The minimum Gasteiger partial charge on any atom is -0.316 e.